The number of hydrazone groups is 1. The van der Waals surface area contributed by atoms with Crippen molar-refractivity contribution in [2.24, 2.45) is 5.10 Å². The second kappa shape index (κ2) is 11.3. The van der Waals surface area contributed by atoms with Gasteiger partial charge in [-0.05, 0) is 50.1 Å². The van der Waals surface area contributed by atoms with Gasteiger partial charge in [0.2, 0.25) is 0 Å². The van der Waals surface area contributed by atoms with Gasteiger partial charge in [0.1, 0.15) is 11.5 Å². The third kappa shape index (κ3) is 5.87. The van der Waals surface area contributed by atoms with Crippen molar-refractivity contribution in [3.8, 4) is 5.75 Å². The van der Waals surface area contributed by atoms with Crippen LogP contribution in [0.4, 0.5) is 0 Å². The molecule has 3 amide bonds. The first-order valence-corrected chi connectivity index (χ1v) is 11.8. The van der Waals surface area contributed by atoms with Gasteiger partial charge < -0.3 is 9.15 Å². The molecule has 0 radical (unpaired) electrons. The minimum atomic E-state index is -0.595. The fourth-order valence-corrected chi connectivity index (χ4v) is 4.19. The molecule has 0 bridgehead atoms. The summed E-state index contributed by atoms with van der Waals surface area (Å²) in [5.74, 6) is -0.550. The topological polar surface area (TPSA) is 122 Å². The zero-order valence-corrected chi connectivity index (χ0v) is 20.7. The molecule has 0 atom stereocenters. The normalized spacial score (nSPS) is 13.6. The van der Waals surface area contributed by atoms with E-state index in [2.05, 4.69) is 21.4 Å². The Bertz CT molecular complexity index is 1340. The minimum Gasteiger partial charge on any atom is -0.482 e. The Labute approximate surface area is 216 Å². The Hall–Kier alpha value is -3.82. The van der Waals surface area contributed by atoms with Gasteiger partial charge in [-0.15, -0.1) is 0 Å². The maximum atomic E-state index is 12.7. The molecule has 9 nitrogen and oxygen atoms in total. The van der Waals surface area contributed by atoms with E-state index in [1.54, 1.807) is 49.4 Å². The van der Waals surface area contributed by atoms with E-state index in [0.29, 0.717) is 56.8 Å². The number of furan rings is 1. The molecule has 186 valence electrons. The zero-order chi connectivity index (χ0) is 25.7. The molecule has 0 fully saturated rings. The van der Waals surface area contributed by atoms with Crippen LogP contribution in [0.2, 0.25) is 10.0 Å². The van der Waals surface area contributed by atoms with Gasteiger partial charge in [0, 0.05) is 28.1 Å². The lowest BCUT2D eigenvalue weighted by Crippen LogP contribution is -2.41. The van der Waals surface area contributed by atoms with Gasteiger partial charge in [0.05, 0.1) is 10.7 Å². The van der Waals surface area contributed by atoms with Gasteiger partial charge >= 0.3 is 5.91 Å². The quantitative estimate of drug-likeness (QED) is 0.413. The van der Waals surface area contributed by atoms with Crippen molar-refractivity contribution in [3.63, 3.8) is 0 Å². The highest BCUT2D eigenvalue weighted by molar-refractivity contribution is 6.35. The smallest absolute Gasteiger partial charge is 0.305 e. The highest BCUT2D eigenvalue weighted by Crippen LogP contribution is 2.30. The van der Waals surface area contributed by atoms with Crippen LogP contribution in [0.1, 0.15) is 50.6 Å². The average Bonchev–Trinajstić information content (AvgIpc) is 3.23. The van der Waals surface area contributed by atoms with E-state index in [1.165, 1.54) is 6.07 Å². The van der Waals surface area contributed by atoms with Gasteiger partial charge in [-0.25, -0.2) is 5.43 Å². The summed E-state index contributed by atoms with van der Waals surface area (Å²) in [5.41, 5.74) is 9.45. The van der Waals surface area contributed by atoms with E-state index < -0.39 is 17.7 Å². The van der Waals surface area contributed by atoms with Crippen molar-refractivity contribution < 1.29 is 23.5 Å². The van der Waals surface area contributed by atoms with Crippen LogP contribution >= 0.6 is 23.2 Å². The highest BCUT2D eigenvalue weighted by atomic mass is 35.5. The van der Waals surface area contributed by atoms with Crippen molar-refractivity contribution in [1.29, 1.82) is 0 Å². The standard InChI is InChI=1S/C25H22Cl2N4O5/c1-14-22-18(28-29-21(32)13-35-19-11-10-16(26)12-17(19)27)8-5-9-20(22)36-23(14)25(34)31-30-24(33)15-6-3-2-4-7-15/h2-4,6-7,10-12H,5,8-9,13H2,1H3,(H,29,32)(H,30,33)(H,31,34)/b28-18+. The van der Waals surface area contributed by atoms with Gasteiger partial charge in [0.15, 0.2) is 12.4 Å². The molecule has 0 spiro atoms. The summed E-state index contributed by atoms with van der Waals surface area (Å²) in [6.07, 6.45) is 1.94. The van der Waals surface area contributed by atoms with Crippen molar-refractivity contribution in [2.75, 3.05) is 6.61 Å². The van der Waals surface area contributed by atoms with Crippen molar-refractivity contribution in [2.45, 2.75) is 26.2 Å². The Kier molecular flexibility index (Phi) is 7.92. The van der Waals surface area contributed by atoms with Gasteiger partial charge in [-0.3, -0.25) is 25.2 Å². The lowest BCUT2D eigenvalue weighted by atomic mass is 9.93. The fourth-order valence-electron chi connectivity index (χ4n) is 3.73. The zero-order valence-electron chi connectivity index (χ0n) is 19.2. The van der Waals surface area contributed by atoms with Gasteiger partial charge in [-0.2, -0.15) is 5.10 Å². The van der Waals surface area contributed by atoms with E-state index in [4.69, 9.17) is 32.4 Å². The third-order valence-corrected chi connectivity index (χ3v) is 5.96. The van der Waals surface area contributed by atoms with Gasteiger partial charge in [-0.1, -0.05) is 41.4 Å². The van der Waals surface area contributed by atoms with Crippen molar-refractivity contribution in [1.82, 2.24) is 16.3 Å². The minimum absolute atomic E-state index is 0.0648. The summed E-state index contributed by atoms with van der Waals surface area (Å²) in [7, 11) is 0. The first-order valence-electron chi connectivity index (χ1n) is 11.0. The van der Waals surface area contributed by atoms with E-state index in [0.717, 1.165) is 6.42 Å². The largest absolute Gasteiger partial charge is 0.482 e. The molecule has 0 saturated carbocycles. The number of rotatable bonds is 6. The fraction of sp³-hybridized carbons (Fsp3) is 0.200. The second-order valence-corrected chi connectivity index (χ2v) is 8.78. The molecule has 2 aromatic carbocycles. The van der Waals surface area contributed by atoms with E-state index >= 15 is 0 Å². The van der Waals surface area contributed by atoms with E-state index in [1.807, 2.05) is 0 Å². The molecule has 4 rings (SSSR count). The number of carbonyl (C=O) groups excluding carboxylic acids is 3. The van der Waals surface area contributed by atoms with Gasteiger partial charge in [0.25, 0.3) is 11.8 Å². The number of benzene rings is 2. The van der Waals surface area contributed by atoms with Crippen LogP contribution in [0.5, 0.6) is 5.75 Å². The number of fused-ring (bicyclic) bond motifs is 1. The summed E-state index contributed by atoms with van der Waals surface area (Å²) in [5, 5.41) is 4.99. The first kappa shape index (κ1) is 25.3. The van der Waals surface area contributed by atoms with Crippen molar-refractivity contribution >= 4 is 46.6 Å². The summed E-state index contributed by atoms with van der Waals surface area (Å²) in [4.78, 5) is 37.2. The summed E-state index contributed by atoms with van der Waals surface area (Å²) < 4.78 is 11.2. The SMILES string of the molecule is Cc1c(C(=O)NNC(=O)c2ccccc2)oc2c1/C(=N/NC(=O)COc1ccc(Cl)cc1Cl)CCC2. The summed E-state index contributed by atoms with van der Waals surface area (Å²) in [6.45, 7) is 1.43. The Morgan fingerprint density at radius 2 is 1.78 bits per heavy atom. The number of hydrazine groups is 1. The van der Waals surface area contributed by atoms with Crippen LogP contribution in [-0.2, 0) is 11.2 Å². The first-order chi connectivity index (χ1) is 17.3. The average molecular weight is 529 g/mol. The molecular weight excluding hydrogens is 507 g/mol. The molecule has 3 N–H and O–H groups in total. The number of nitrogens with one attached hydrogen (secondary N) is 3. The maximum Gasteiger partial charge on any atom is 0.305 e. The molecule has 0 aliphatic heterocycles. The highest BCUT2D eigenvalue weighted by Gasteiger charge is 2.28. The lowest BCUT2D eigenvalue weighted by molar-refractivity contribution is -0.123. The van der Waals surface area contributed by atoms with Crippen LogP contribution < -0.4 is 21.0 Å². The third-order valence-electron chi connectivity index (χ3n) is 5.43. The monoisotopic (exact) mass is 528 g/mol. The van der Waals surface area contributed by atoms with E-state index in [9.17, 15) is 14.4 Å². The molecule has 1 aromatic heterocycles. The predicted octanol–water partition coefficient (Wildman–Crippen LogP) is 4.21. The Balaban J connectivity index is 1.40. The number of carbonyl (C=O) groups is 3. The van der Waals surface area contributed by atoms with Crippen molar-refractivity contribution in [3.05, 3.63) is 86.8 Å². The van der Waals surface area contributed by atoms with Crippen LogP contribution in [0.25, 0.3) is 0 Å². The summed E-state index contributed by atoms with van der Waals surface area (Å²) in [6, 6.07) is 13.2. The second-order valence-electron chi connectivity index (χ2n) is 7.94. The number of amides is 3. The number of aryl methyl sites for hydroxylation is 1. The lowest BCUT2D eigenvalue weighted by Gasteiger charge is -2.13. The molecule has 36 heavy (non-hydrogen) atoms. The Morgan fingerprint density at radius 1 is 1.03 bits per heavy atom. The molecular formula is C25H22Cl2N4O5. The number of nitrogens with zero attached hydrogens (tertiary/aromatic N) is 1. The molecule has 0 saturated heterocycles. The molecule has 1 heterocycles. The molecule has 0 unspecified atom stereocenters. The Morgan fingerprint density at radius 3 is 2.53 bits per heavy atom. The van der Waals surface area contributed by atoms with Crippen LogP contribution in [0.15, 0.2) is 58.0 Å². The number of ether oxygens (including phenoxy) is 1. The number of hydrogen-bond acceptors (Lipinski definition) is 6. The maximum absolute atomic E-state index is 12.7. The number of halogens is 2. The summed E-state index contributed by atoms with van der Waals surface area (Å²) >= 11 is 11.9. The van der Waals surface area contributed by atoms with Crippen LogP contribution in [0, 0.1) is 6.92 Å². The molecule has 1 aliphatic rings. The predicted molar refractivity (Wildman–Crippen MR) is 134 cm³/mol. The number of hydrogen-bond donors (Lipinski definition) is 3. The molecule has 1 aliphatic carbocycles. The molecule has 3 aromatic rings. The molecule has 11 heteroatoms. The van der Waals surface area contributed by atoms with Crippen LogP contribution in [0.3, 0.4) is 0 Å². The van der Waals surface area contributed by atoms with Crippen LogP contribution in [-0.4, -0.2) is 30.0 Å². The van der Waals surface area contributed by atoms with E-state index in [-0.39, 0.29) is 12.4 Å².